The van der Waals surface area contributed by atoms with Gasteiger partial charge in [-0.2, -0.15) is 0 Å². The largest absolute Gasteiger partial charge is 0.478 e. The number of hydrogen-bond acceptors (Lipinski definition) is 4. The molecule has 1 N–H and O–H groups in total. The number of aromatic carboxylic acids is 1. The van der Waals surface area contributed by atoms with Gasteiger partial charge in [0.05, 0.1) is 17.1 Å². The van der Waals surface area contributed by atoms with Crippen molar-refractivity contribution in [2.75, 3.05) is 7.11 Å². The normalized spacial score (nSPS) is 10.5. The van der Waals surface area contributed by atoms with E-state index < -0.39 is 11.9 Å². The van der Waals surface area contributed by atoms with Crippen molar-refractivity contribution < 1.29 is 19.4 Å². The number of carbonyl (C=O) groups is 2. The highest BCUT2D eigenvalue weighted by Gasteiger charge is 2.18. The number of rotatable bonds is 2. The minimum absolute atomic E-state index is 0.187. The van der Waals surface area contributed by atoms with Gasteiger partial charge in [0, 0.05) is 10.1 Å². The van der Waals surface area contributed by atoms with Crippen LogP contribution in [0.3, 0.4) is 0 Å². The van der Waals surface area contributed by atoms with E-state index in [9.17, 15) is 9.59 Å². The lowest BCUT2D eigenvalue weighted by atomic mass is 10.1. The molecule has 1 heterocycles. The predicted octanol–water partition coefficient (Wildman–Crippen LogP) is 3.15. The molecule has 17 heavy (non-hydrogen) atoms. The number of benzene rings is 1. The molecule has 0 atom stereocenters. The van der Waals surface area contributed by atoms with E-state index in [2.05, 4.69) is 20.7 Å². The SMILES string of the molecule is COC(=O)c1sc2ccc(C(=O)O)cc2c1Br. The molecule has 0 fully saturated rings. The zero-order valence-corrected chi connectivity index (χ0v) is 11.1. The first-order chi connectivity index (χ1) is 8.04. The molecule has 0 aliphatic carbocycles. The molecule has 0 bridgehead atoms. The van der Waals surface area contributed by atoms with Crippen LogP contribution in [-0.2, 0) is 4.74 Å². The summed E-state index contributed by atoms with van der Waals surface area (Å²) in [5.74, 6) is -1.43. The number of hydrogen-bond donors (Lipinski definition) is 1. The first-order valence-electron chi connectivity index (χ1n) is 4.58. The molecular weight excluding hydrogens is 308 g/mol. The Morgan fingerprint density at radius 1 is 1.41 bits per heavy atom. The summed E-state index contributed by atoms with van der Waals surface area (Å²) in [4.78, 5) is 22.7. The third-order valence-corrected chi connectivity index (χ3v) is 4.48. The van der Waals surface area contributed by atoms with Gasteiger partial charge in [0.15, 0.2) is 0 Å². The van der Waals surface area contributed by atoms with Crippen molar-refractivity contribution in [3.63, 3.8) is 0 Å². The third-order valence-electron chi connectivity index (χ3n) is 2.25. The summed E-state index contributed by atoms with van der Waals surface area (Å²) in [6.07, 6.45) is 0. The number of ether oxygens (including phenoxy) is 1. The fourth-order valence-corrected chi connectivity index (χ4v) is 3.28. The lowest BCUT2D eigenvalue weighted by Crippen LogP contribution is -1.98. The van der Waals surface area contributed by atoms with Gasteiger partial charge in [-0.05, 0) is 34.1 Å². The molecule has 0 spiro atoms. The molecule has 0 saturated carbocycles. The van der Waals surface area contributed by atoms with Gasteiger partial charge in [0.1, 0.15) is 4.88 Å². The molecule has 1 aromatic carbocycles. The molecule has 4 nitrogen and oxygen atoms in total. The van der Waals surface area contributed by atoms with Gasteiger partial charge >= 0.3 is 11.9 Å². The van der Waals surface area contributed by atoms with Crippen LogP contribution >= 0.6 is 27.3 Å². The van der Waals surface area contributed by atoms with Crippen LogP contribution in [0.5, 0.6) is 0 Å². The highest BCUT2D eigenvalue weighted by Crippen LogP contribution is 2.36. The molecule has 88 valence electrons. The Morgan fingerprint density at radius 2 is 2.12 bits per heavy atom. The number of esters is 1. The minimum Gasteiger partial charge on any atom is -0.478 e. The summed E-state index contributed by atoms with van der Waals surface area (Å²) >= 11 is 4.56. The van der Waals surface area contributed by atoms with Gasteiger partial charge < -0.3 is 9.84 Å². The molecule has 0 amide bonds. The van der Waals surface area contributed by atoms with Gasteiger partial charge in [0.25, 0.3) is 0 Å². The van der Waals surface area contributed by atoms with E-state index in [1.54, 1.807) is 6.07 Å². The van der Waals surface area contributed by atoms with Crippen LogP contribution in [0.1, 0.15) is 20.0 Å². The summed E-state index contributed by atoms with van der Waals surface area (Å²) in [5, 5.41) is 9.60. The van der Waals surface area contributed by atoms with Crippen molar-refractivity contribution in [1.82, 2.24) is 0 Å². The maximum atomic E-state index is 11.5. The Hall–Kier alpha value is -1.40. The fraction of sp³-hybridized carbons (Fsp3) is 0.0909. The molecule has 2 rings (SSSR count). The molecule has 1 aromatic heterocycles. The molecule has 0 unspecified atom stereocenters. The lowest BCUT2D eigenvalue weighted by Gasteiger charge is -1.95. The van der Waals surface area contributed by atoms with Crippen molar-refractivity contribution in [2.45, 2.75) is 0 Å². The number of carboxylic acid groups (broad SMARTS) is 1. The number of carbonyl (C=O) groups excluding carboxylic acids is 1. The van der Waals surface area contributed by atoms with Crippen molar-refractivity contribution in [3.05, 3.63) is 33.1 Å². The van der Waals surface area contributed by atoms with E-state index >= 15 is 0 Å². The minimum atomic E-state index is -0.996. The standard InChI is InChI=1S/C11H7BrO4S/c1-16-11(15)9-8(12)6-4-5(10(13)14)2-3-7(6)17-9/h2-4H,1H3,(H,13,14). The van der Waals surface area contributed by atoms with E-state index in [-0.39, 0.29) is 5.56 Å². The maximum Gasteiger partial charge on any atom is 0.349 e. The van der Waals surface area contributed by atoms with Crippen LogP contribution in [-0.4, -0.2) is 24.2 Å². The van der Waals surface area contributed by atoms with Crippen LogP contribution in [0, 0.1) is 0 Å². The van der Waals surface area contributed by atoms with E-state index in [1.165, 1.54) is 30.6 Å². The number of halogens is 1. The Kier molecular flexibility index (Phi) is 3.17. The molecule has 0 saturated heterocycles. The van der Waals surface area contributed by atoms with Crippen LogP contribution in [0.4, 0.5) is 0 Å². The van der Waals surface area contributed by atoms with Gasteiger partial charge in [0.2, 0.25) is 0 Å². The van der Waals surface area contributed by atoms with Gasteiger partial charge in [-0.25, -0.2) is 9.59 Å². The smallest absolute Gasteiger partial charge is 0.349 e. The van der Waals surface area contributed by atoms with Gasteiger partial charge in [-0.3, -0.25) is 0 Å². The summed E-state index contributed by atoms with van der Waals surface area (Å²) in [6, 6.07) is 4.72. The summed E-state index contributed by atoms with van der Waals surface area (Å²) in [5.41, 5.74) is 0.187. The maximum absolute atomic E-state index is 11.5. The van der Waals surface area contributed by atoms with Crippen molar-refractivity contribution >= 4 is 49.3 Å². The lowest BCUT2D eigenvalue weighted by molar-refractivity contribution is 0.0604. The Bertz CT molecular complexity index is 617. The van der Waals surface area contributed by atoms with Gasteiger partial charge in [-0.1, -0.05) is 0 Å². The van der Waals surface area contributed by atoms with E-state index in [4.69, 9.17) is 5.11 Å². The highest BCUT2D eigenvalue weighted by molar-refractivity contribution is 9.10. The number of thiophene rings is 1. The molecule has 6 heteroatoms. The monoisotopic (exact) mass is 314 g/mol. The summed E-state index contributed by atoms with van der Waals surface area (Å²) < 4.78 is 6.06. The number of carboxylic acids is 1. The van der Waals surface area contributed by atoms with E-state index in [1.807, 2.05) is 0 Å². The topological polar surface area (TPSA) is 63.6 Å². The Morgan fingerprint density at radius 3 is 2.71 bits per heavy atom. The quantitative estimate of drug-likeness (QED) is 0.865. The zero-order valence-electron chi connectivity index (χ0n) is 8.69. The summed E-state index contributed by atoms with van der Waals surface area (Å²) in [6.45, 7) is 0. The highest BCUT2D eigenvalue weighted by atomic mass is 79.9. The average Bonchev–Trinajstić information content (AvgIpc) is 2.65. The predicted molar refractivity (Wildman–Crippen MR) is 67.8 cm³/mol. The van der Waals surface area contributed by atoms with Crippen LogP contribution in [0.25, 0.3) is 10.1 Å². The van der Waals surface area contributed by atoms with Crippen molar-refractivity contribution in [2.24, 2.45) is 0 Å². The first-order valence-corrected chi connectivity index (χ1v) is 6.19. The Balaban J connectivity index is 2.66. The van der Waals surface area contributed by atoms with E-state index in [0.29, 0.717) is 14.7 Å². The molecule has 0 aliphatic heterocycles. The van der Waals surface area contributed by atoms with E-state index in [0.717, 1.165) is 4.70 Å². The fourth-order valence-electron chi connectivity index (χ4n) is 1.42. The number of fused-ring (bicyclic) bond motifs is 1. The van der Waals surface area contributed by atoms with Gasteiger partial charge in [-0.15, -0.1) is 11.3 Å². The summed E-state index contributed by atoms with van der Waals surface area (Å²) in [7, 11) is 1.31. The molecule has 2 aromatic rings. The Labute approximate surface area is 109 Å². The second kappa shape index (κ2) is 4.46. The number of methoxy groups -OCH3 is 1. The second-order valence-corrected chi connectivity index (χ2v) is 5.10. The van der Waals surface area contributed by atoms with Crippen LogP contribution in [0.15, 0.2) is 22.7 Å². The third kappa shape index (κ3) is 2.05. The van der Waals surface area contributed by atoms with Crippen LogP contribution in [0.2, 0.25) is 0 Å². The van der Waals surface area contributed by atoms with Crippen molar-refractivity contribution in [1.29, 1.82) is 0 Å². The molecular formula is C11H7BrO4S. The molecule has 0 radical (unpaired) electrons. The first kappa shape index (κ1) is 12.1. The van der Waals surface area contributed by atoms with Crippen molar-refractivity contribution in [3.8, 4) is 0 Å². The van der Waals surface area contributed by atoms with Crippen LogP contribution < -0.4 is 0 Å². The zero-order chi connectivity index (χ0) is 12.6. The molecule has 0 aliphatic rings. The average molecular weight is 315 g/mol. The second-order valence-electron chi connectivity index (χ2n) is 3.25.